The Balaban J connectivity index is 0.00000361. The standard InChI is InChI=1S/C15H23NO3.ClH/c1-8(2)12(14(16)15(17)18)13-9(3)6-11(19-5)7-10(13)4;/h6-8,12,14H,16H2,1-5H3,(H,17,18);1H/t12?,14-;/m1./s1. The van der Waals surface area contributed by atoms with Crippen molar-refractivity contribution in [3.05, 3.63) is 28.8 Å². The van der Waals surface area contributed by atoms with E-state index in [1.165, 1.54) is 0 Å². The van der Waals surface area contributed by atoms with E-state index in [2.05, 4.69) is 0 Å². The van der Waals surface area contributed by atoms with Crippen LogP contribution < -0.4 is 10.5 Å². The van der Waals surface area contributed by atoms with E-state index in [1.54, 1.807) is 7.11 Å². The quantitative estimate of drug-likeness (QED) is 0.877. The van der Waals surface area contributed by atoms with Crippen molar-refractivity contribution in [3.63, 3.8) is 0 Å². The summed E-state index contributed by atoms with van der Waals surface area (Å²) >= 11 is 0. The van der Waals surface area contributed by atoms with Crippen molar-refractivity contribution in [3.8, 4) is 5.75 Å². The van der Waals surface area contributed by atoms with Crippen LogP contribution in [0, 0.1) is 19.8 Å². The van der Waals surface area contributed by atoms with Gasteiger partial charge in [-0.25, -0.2) is 0 Å². The summed E-state index contributed by atoms with van der Waals surface area (Å²) in [6, 6.07) is 2.95. The number of ether oxygens (including phenoxy) is 1. The molecule has 0 aromatic heterocycles. The lowest BCUT2D eigenvalue weighted by Gasteiger charge is -2.28. The van der Waals surface area contributed by atoms with Crippen LogP contribution in [0.1, 0.15) is 36.5 Å². The van der Waals surface area contributed by atoms with Gasteiger partial charge in [0, 0.05) is 5.92 Å². The molecule has 0 radical (unpaired) electrons. The number of nitrogens with two attached hydrogens (primary N) is 1. The largest absolute Gasteiger partial charge is 0.497 e. The maximum Gasteiger partial charge on any atom is 0.321 e. The smallest absolute Gasteiger partial charge is 0.321 e. The highest BCUT2D eigenvalue weighted by Gasteiger charge is 2.30. The number of benzene rings is 1. The maximum absolute atomic E-state index is 11.2. The number of hydrogen-bond donors (Lipinski definition) is 2. The molecular weight excluding hydrogens is 278 g/mol. The van der Waals surface area contributed by atoms with Crippen molar-refractivity contribution in [1.82, 2.24) is 0 Å². The molecule has 0 spiro atoms. The van der Waals surface area contributed by atoms with E-state index in [0.29, 0.717) is 0 Å². The van der Waals surface area contributed by atoms with Crippen LogP contribution in [0.15, 0.2) is 12.1 Å². The second kappa shape index (κ2) is 7.50. The molecule has 1 unspecified atom stereocenters. The zero-order valence-corrected chi connectivity index (χ0v) is 13.5. The monoisotopic (exact) mass is 301 g/mol. The van der Waals surface area contributed by atoms with Gasteiger partial charge in [-0.15, -0.1) is 12.4 Å². The predicted molar refractivity (Wildman–Crippen MR) is 82.9 cm³/mol. The van der Waals surface area contributed by atoms with E-state index in [1.807, 2.05) is 39.8 Å². The Labute approximate surface area is 126 Å². The first-order valence-corrected chi connectivity index (χ1v) is 6.43. The minimum Gasteiger partial charge on any atom is -0.497 e. The Hall–Kier alpha value is -1.26. The fourth-order valence-corrected chi connectivity index (χ4v) is 2.66. The number of carbonyl (C=O) groups is 1. The minimum absolute atomic E-state index is 0. The van der Waals surface area contributed by atoms with Gasteiger partial charge in [-0.05, 0) is 48.6 Å². The maximum atomic E-state index is 11.2. The SMILES string of the molecule is COc1cc(C)c(C(C(C)C)[C@@H](N)C(=O)O)c(C)c1.Cl. The molecule has 20 heavy (non-hydrogen) atoms. The lowest BCUT2D eigenvalue weighted by Crippen LogP contribution is -2.39. The normalized spacial score (nSPS) is 13.6. The summed E-state index contributed by atoms with van der Waals surface area (Å²) in [6.07, 6.45) is 0. The van der Waals surface area contributed by atoms with Crippen molar-refractivity contribution in [2.75, 3.05) is 7.11 Å². The zero-order chi connectivity index (χ0) is 14.7. The van der Waals surface area contributed by atoms with E-state index in [4.69, 9.17) is 10.5 Å². The Morgan fingerprint density at radius 2 is 1.70 bits per heavy atom. The number of rotatable bonds is 5. The molecule has 2 atom stereocenters. The van der Waals surface area contributed by atoms with Crippen molar-refractivity contribution in [2.24, 2.45) is 11.7 Å². The Kier molecular flexibility index (Phi) is 7.03. The molecule has 3 N–H and O–H groups in total. The molecule has 0 amide bonds. The molecule has 1 rings (SSSR count). The summed E-state index contributed by atoms with van der Waals surface area (Å²) in [4.78, 5) is 11.2. The first-order chi connectivity index (χ1) is 8.79. The van der Waals surface area contributed by atoms with Gasteiger partial charge in [-0.2, -0.15) is 0 Å². The number of carboxylic acid groups (broad SMARTS) is 1. The van der Waals surface area contributed by atoms with Crippen LogP contribution in [0.4, 0.5) is 0 Å². The van der Waals surface area contributed by atoms with Crippen LogP contribution in [-0.2, 0) is 4.79 Å². The molecule has 0 bridgehead atoms. The van der Waals surface area contributed by atoms with Crippen molar-refractivity contribution >= 4 is 18.4 Å². The number of methoxy groups -OCH3 is 1. The fraction of sp³-hybridized carbons (Fsp3) is 0.533. The molecule has 1 aromatic carbocycles. The van der Waals surface area contributed by atoms with Gasteiger partial charge in [0.2, 0.25) is 0 Å². The van der Waals surface area contributed by atoms with Gasteiger partial charge in [-0.1, -0.05) is 13.8 Å². The molecule has 0 aliphatic rings. The number of halogens is 1. The second-order valence-corrected chi connectivity index (χ2v) is 5.31. The third-order valence-electron chi connectivity index (χ3n) is 3.53. The van der Waals surface area contributed by atoms with Crippen LogP contribution in [-0.4, -0.2) is 24.2 Å². The summed E-state index contributed by atoms with van der Waals surface area (Å²) in [6.45, 7) is 7.93. The number of aliphatic carboxylic acids is 1. The van der Waals surface area contributed by atoms with Gasteiger partial charge in [0.15, 0.2) is 0 Å². The van der Waals surface area contributed by atoms with Crippen molar-refractivity contribution in [2.45, 2.75) is 39.7 Å². The second-order valence-electron chi connectivity index (χ2n) is 5.31. The number of hydrogen-bond acceptors (Lipinski definition) is 3. The van der Waals surface area contributed by atoms with Gasteiger partial charge < -0.3 is 15.6 Å². The summed E-state index contributed by atoms with van der Waals surface area (Å²) in [5.41, 5.74) is 8.93. The minimum atomic E-state index is -0.965. The summed E-state index contributed by atoms with van der Waals surface area (Å²) in [5, 5.41) is 9.20. The van der Waals surface area contributed by atoms with Gasteiger partial charge in [0.05, 0.1) is 7.11 Å². The molecule has 0 fully saturated rings. The van der Waals surface area contributed by atoms with Crippen LogP contribution >= 0.6 is 12.4 Å². The summed E-state index contributed by atoms with van der Waals surface area (Å²) in [7, 11) is 1.62. The first-order valence-electron chi connectivity index (χ1n) is 6.43. The van der Waals surface area contributed by atoms with E-state index in [0.717, 1.165) is 22.4 Å². The molecule has 0 saturated carbocycles. The number of carboxylic acids is 1. The van der Waals surface area contributed by atoms with E-state index in [-0.39, 0.29) is 24.2 Å². The molecule has 0 heterocycles. The van der Waals surface area contributed by atoms with Gasteiger partial charge >= 0.3 is 5.97 Å². The average Bonchev–Trinajstić information content (AvgIpc) is 2.31. The van der Waals surface area contributed by atoms with Gasteiger partial charge in [0.1, 0.15) is 11.8 Å². The zero-order valence-electron chi connectivity index (χ0n) is 12.6. The Morgan fingerprint density at radius 3 is 2.00 bits per heavy atom. The van der Waals surface area contributed by atoms with Gasteiger partial charge in [-0.3, -0.25) is 4.79 Å². The van der Waals surface area contributed by atoms with Crippen molar-refractivity contribution in [1.29, 1.82) is 0 Å². The average molecular weight is 302 g/mol. The Bertz CT molecular complexity index is 451. The van der Waals surface area contributed by atoms with Gasteiger partial charge in [0.25, 0.3) is 0 Å². The molecule has 0 aliphatic heterocycles. The molecule has 114 valence electrons. The summed E-state index contributed by atoms with van der Waals surface area (Å²) in [5.74, 6) is -0.237. The molecule has 0 saturated heterocycles. The molecule has 4 nitrogen and oxygen atoms in total. The van der Waals surface area contributed by atoms with E-state index < -0.39 is 12.0 Å². The molecule has 1 aromatic rings. The third kappa shape index (κ3) is 3.87. The predicted octanol–water partition coefficient (Wildman–Crippen LogP) is 2.89. The first kappa shape index (κ1) is 18.7. The van der Waals surface area contributed by atoms with E-state index in [9.17, 15) is 9.90 Å². The number of aryl methyl sites for hydroxylation is 2. The topological polar surface area (TPSA) is 72.5 Å². The Morgan fingerprint density at radius 1 is 1.25 bits per heavy atom. The third-order valence-corrected chi connectivity index (χ3v) is 3.53. The summed E-state index contributed by atoms with van der Waals surface area (Å²) < 4.78 is 5.23. The fourth-order valence-electron chi connectivity index (χ4n) is 2.66. The van der Waals surface area contributed by atoms with Crippen LogP contribution in [0.2, 0.25) is 0 Å². The highest BCUT2D eigenvalue weighted by atomic mass is 35.5. The van der Waals surface area contributed by atoms with E-state index >= 15 is 0 Å². The molecule has 5 heteroatoms. The lowest BCUT2D eigenvalue weighted by atomic mass is 9.78. The molecular formula is C15H24ClNO3. The highest BCUT2D eigenvalue weighted by Crippen LogP contribution is 2.34. The van der Waals surface area contributed by atoms with Crippen molar-refractivity contribution < 1.29 is 14.6 Å². The van der Waals surface area contributed by atoms with Crippen LogP contribution in [0.5, 0.6) is 5.75 Å². The van der Waals surface area contributed by atoms with Crippen LogP contribution in [0.25, 0.3) is 0 Å². The highest BCUT2D eigenvalue weighted by molar-refractivity contribution is 5.85. The lowest BCUT2D eigenvalue weighted by molar-refractivity contribution is -0.139. The molecule has 0 aliphatic carbocycles. The van der Waals surface area contributed by atoms with Crippen LogP contribution in [0.3, 0.4) is 0 Å².